The Morgan fingerprint density at radius 1 is 1.38 bits per heavy atom. The second-order valence-electron chi connectivity index (χ2n) is 3.72. The molecule has 0 fully saturated rings. The highest BCUT2D eigenvalue weighted by molar-refractivity contribution is 7.56. The third kappa shape index (κ3) is 1.87. The van der Waals surface area contributed by atoms with Crippen LogP contribution in [0.2, 0.25) is 0 Å². The number of hydrogen-bond donors (Lipinski definition) is 0. The van der Waals surface area contributed by atoms with E-state index in [9.17, 15) is 0 Å². The molecule has 0 radical (unpaired) electrons. The number of hydrogen-bond acceptors (Lipinski definition) is 2. The lowest BCUT2D eigenvalue weighted by molar-refractivity contribution is 0.788. The summed E-state index contributed by atoms with van der Waals surface area (Å²) < 4.78 is 1.57. The molecular formula is C10H12N3P3. The number of para-hydroxylation sites is 1. The molecule has 2 rings (SSSR count). The predicted molar refractivity (Wildman–Crippen MR) is 76.2 cm³/mol. The minimum absolute atomic E-state index is 0.194. The van der Waals surface area contributed by atoms with Crippen molar-refractivity contribution < 1.29 is 0 Å². The zero-order valence-corrected chi connectivity index (χ0v) is 12.3. The van der Waals surface area contributed by atoms with Crippen molar-refractivity contribution in [3.63, 3.8) is 0 Å². The summed E-state index contributed by atoms with van der Waals surface area (Å²) in [6.45, 7) is 0. The highest BCUT2D eigenvalue weighted by atomic mass is 31.1. The minimum Gasteiger partial charge on any atom is -0.266 e. The fourth-order valence-corrected chi connectivity index (χ4v) is 2.47. The van der Waals surface area contributed by atoms with Crippen LogP contribution in [0.4, 0.5) is 0 Å². The summed E-state index contributed by atoms with van der Waals surface area (Å²) in [5, 5.41) is 14.1. The van der Waals surface area contributed by atoms with Crippen molar-refractivity contribution in [2.75, 3.05) is 0 Å². The van der Waals surface area contributed by atoms with Gasteiger partial charge < -0.3 is 0 Å². The second-order valence-corrected chi connectivity index (χ2v) is 8.58. The van der Waals surface area contributed by atoms with Gasteiger partial charge in [-0.15, -0.1) is 27.7 Å². The van der Waals surface area contributed by atoms with E-state index in [1.165, 1.54) is 0 Å². The lowest BCUT2D eigenvalue weighted by Gasteiger charge is -2.19. The monoisotopic (exact) mass is 267 g/mol. The molecule has 1 aromatic carbocycles. The van der Waals surface area contributed by atoms with Gasteiger partial charge in [0.25, 0.3) is 0 Å². The molecule has 1 aromatic heterocycles. The molecule has 1 heterocycles. The first kappa shape index (κ1) is 11.9. The van der Waals surface area contributed by atoms with Crippen LogP contribution >= 0.6 is 27.7 Å². The second kappa shape index (κ2) is 4.05. The number of aryl methyl sites for hydroxylation is 1. The van der Waals surface area contributed by atoms with Crippen LogP contribution in [-0.2, 0) is 11.7 Å². The number of fused-ring (bicyclic) bond motifs is 1. The summed E-state index contributed by atoms with van der Waals surface area (Å²) in [5.74, 6) is 0. The van der Waals surface area contributed by atoms with E-state index in [1.807, 2.05) is 25.2 Å². The van der Waals surface area contributed by atoms with E-state index in [4.69, 9.17) is 5.26 Å². The van der Waals surface area contributed by atoms with E-state index in [0.717, 1.165) is 16.5 Å². The van der Waals surface area contributed by atoms with E-state index < -0.39 is 0 Å². The van der Waals surface area contributed by atoms with Gasteiger partial charge in [-0.25, -0.2) is 0 Å². The van der Waals surface area contributed by atoms with Gasteiger partial charge in [0, 0.05) is 17.1 Å². The van der Waals surface area contributed by atoms with Crippen molar-refractivity contribution in [1.29, 1.82) is 5.26 Å². The lowest BCUT2D eigenvalue weighted by Crippen LogP contribution is -2.02. The van der Waals surface area contributed by atoms with Gasteiger partial charge in [-0.05, 0) is 11.6 Å². The molecule has 0 aliphatic carbocycles. The molecular weight excluding hydrogens is 255 g/mol. The smallest absolute Gasteiger partial charge is 0.170 e. The Bertz CT molecular complexity index is 590. The Labute approximate surface area is 101 Å². The molecule has 3 atom stereocenters. The first-order valence-corrected chi connectivity index (χ1v) is 6.41. The highest BCUT2D eigenvalue weighted by Crippen LogP contribution is 2.47. The average molecular weight is 267 g/mol. The maximum Gasteiger partial charge on any atom is 0.170 e. The fourth-order valence-electron chi connectivity index (χ4n) is 1.77. The molecule has 0 bridgehead atoms. The normalized spacial score (nSPS) is 11.7. The van der Waals surface area contributed by atoms with Crippen molar-refractivity contribution >= 4 is 38.6 Å². The summed E-state index contributed by atoms with van der Waals surface area (Å²) in [4.78, 5) is 0. The predicted octanol–water partition coefficient (Wildman–Crippen LogP) is 2.18. The van der Waals surface area contributed by atoms with E-state index in [2.05, 4.69) is 38.9 Å². The number of benzene rings is 1. The molecule has 3 unspecified atom stereocenters. The molecule has 3 nitrogen and oxygen atoms in total. The molecule has 6 heteroatoms. The topological polar surface area (TPSA) is 41.6 Å². The Hall–Kier alpha value is -0.530. The van der Waals surface area contributed by atoms with Gasteiger partial charge in [0.15, 0.2) is 5.69 Å². The highest BCUT2D eigenvalue weighted by Gasteiger charge is 2.21. The number of nitriles is 1. The quantitative estimate of drug-likeness (QED) is 0.743. The van der Waals surface area contributed by atoms with Crippen LogP contribution in [0.25, 0.3) is 10.9 Å². The van der Waals surface area contributed by atoms with E-state index in [-0.39, 0.29) is 4.64 Å². The van der Waals surface area contributed by atoms with Crippen molar-refractivity contribution in [2.45, 2.75) is 4.64 Å². The number of aromatic nitrogens is 2. The van der Waals surface area contributed by atoms with Crippen LogP contribution in [0.5, 0.6) is 0 Å². The summed E-state index contributed by atoms with van der Waals surface area (Å²) in [7, 11) is 10.1. The molecule has 16 heavy (non-hydrogen) atoms. The number of rotatable bonds is 1. The zero-order valence-electron chi connectivity index (χ0n) is 8.81. The van der Waals surface area contributed by atoms with Gasteiger partial charge in [0.05, 0.1) is 5.52 Å². The lowest BCUT2D eigenvalue weighted by atomic mass is 10.1. The van der Waals surface area contributed by atoms with E-state index >= 15 is 0 Å². The Kier molecular flexibility index (Phi) is 3.02. The number of nitrogens with zero attached hydrogens (tertiary/aromatic N) is 3. The van der Waals surface area contributed by atoms with Gasteiger partial charge >= 0.3 is 0 Å². The van der Waals surface area contributed by atoms with Crippen LogP contribution in [-0.4, -0.2) is 9.78 Å². The summed E-state index contributed by atoms with van der Waals surface area (Å²) in [5.41, 5.74) is 2.59. The minimum atomic E-state index is -0.194. The van der Waals surface area contributed by atoms with Crippen molar-refractivity contribution in [3.05, 3.63) is 29.5 Å². The molecule has 0 amide bonds. The van der Waals surface area contributed by atoms with Crippen LogP contribution in [0.15, 0.2) is 18.2 Å². The molecule has 82 valence electrons. The van der Waals surface area contributed by atoms with Gasteiger partial charge in [0.1, 0.15) is 6.07 Å². The molecule has 0 saturated heterocycles. The Balaban J connectivity index is 2.90. The summed E-state index contributed by atoms with van der Waals surface area (Å²) in [6, 6.07) is 8.04. The molecule has 2 aromatic rings. The van der Waals surface area contributed by atoms with Gasteiger partial charge in [-0.2, -0.15) is 10.4 Å². The van der Waals surface area contributed by atoms with Crippen molar-refractivity contribution in [3.8, 4) is 6.07 Å². The first-order valence-electron chi connectivity index (χ1n) is 4.68. The van der Waals surface area contributed by atoms with Gasteiger partial charge in [-0.1, -0.05) is 12.1 Å². The molecule has 0 spiro atoms. The fraction of sp³-hybridized carbons (Fsp3) is 0.200. The van der Waals surface area contributed by atoms with Crippen LogP contribution < -0.4 is 0 Å². The standard InChI is InChI=1S/C10H12N3P3/c1-13-9-6(8(5-11)12-13)3-2-4-7(9)10(14,15)16/h2-4H,14-16H2,1H3. The molecule has 0 saturated carbocycles. The van der Waals surface area contributed by atoms with Gasteiger partial charge in [-0.3, -0.25) is 4.68 Å². The molecule has 0 N–H and O–H groups in total. The van der Waals surface area contributed by atoms with Crippen LogP contribution in [0.3, 0.4) is 0 Å². The molecule has 0 aliphatic heterocycles. The first-order chi connectivity index (χ1) is 7.45. The third-order valence-electron chi connectivity index (χ3n) is 2.44. The van der Waals surface area contributed by atoms with Crippen LogP contribution in [0.1, 0.15) is 11.3 Å². The molecule has 0 aliphatic rings. The Morgan fingerprint density at radius 2 is 2.06 bits per heavy atom. The maximum absolute atomic E-state index is 9.00. The summed E-state index contributed by atoms with van der Waals surface area (Å²) >= 11 is 0. The van der Waals surface area contributed by atoms with E-state index in [0.29, 0.717) is 5.69 Å². The average Bonchev–Trinajstić information content (AvgIpc) is 2.54. The van der Waals surface area contributed by atoms with Crippen molar-refractivity contribution in [2.24, 2.45) is 7.05 Å². The Morgan fingerprint density at radius 3 is 2.62 bits per heavy atom. The van der Waals surface area contributed by atoms with Crippen molar-refractivity contribution in [1.82, 2.24) is 9.78 Å². The maximum atomic E-state index is 9.00. The summed E-state index contributed by atoms with van der Waals surface area (Å²) in [6.07, 6.45) is 0. The SMILES string of the molecule is Cn1nc(C#N)c2cccc(C(P)(P)P)c21. The van der Waals surface area contributed by atoms with Crippen LogP contribution in [0, 0.1) is 11.3 Å². The largest absolute Gasteiger partial charge is 0.266 e. The van der Waals surface area contributed by atoms with E-state index in [1.54, 1.807) is 4.68 Å². The third-order valence-corrected chi connectivity index (χ3v) is 3.37. The zero-order chi connectivity index (χ0) is 11.9. The van der Waals surface area contributed by atoms with Gasteiger partial charge in [0.2, 0.25) is 0 Å².